The van der Waals surface area contributed by atoms with Gasteiger partial charge in [0.05, 0.1) is 0 Å². The van der Waals surface area contributed by atoms with E-state index in [2.05, 4.69) is 29.1 Å². The number of hydrogen-bond donors (Lipinski definition) is 1. The van der Waals surface area contributed by atoms with Gasteiger partial charge in [-0.05, 0) is 30.9 Å². The van der Waals surface area contributed by atoms with Crippen LogP contribution in [0.1, 0.15) is 25.1 Å². The minimum Gasteiger partial charge on any atom is -0.373 e. The van der Waals surface area contributed by atoms with Crippen molar-refractivity contribution in [3.63, 3.8) is 0 Å². The zero-order valence-corrected chi connectivity index (χ0v) is 13.1. The van der Waals surface area contributed by atoms with Crippen LogP contribution in [0.15, 0.2) is 24.3 Å². The molecule has 0 amide bonds. The Bertz CT molecular complexity index is 609. The molecule has 4 heteroatoms. The molecule has 1 aromatic heterocycles. The lowest BCUT2D eigenvalue weighted by Gasteiger charge is -2.10. The summed E-state index contributed by atoms with van der Waals surface area (Å²) in [6.45, 7) is 6.36. The molecule has 0 spiro atoms. The summed E-state index contributed by atoms with van der Waals surface area (Å²) in [7, 11) is 1.87. The van der Waals surface area contributed by atoms with Crippen LogP contribution >= 0.6 is 11.6 Å². The number of halogens is 1. The molecule has 1 aromatic carbocycles. The molecule has 0 bridgehead atoms. The van der Waals surface area contributed by atoms with Gasteiger partial charge in [0, 0.05) is 29.4 Å². The van der Waals surface area contributed by atoms with Crippen molar-refractivity contribution >= 4 is 17.4 Å². The van der Waals surface area contributed by atoms with Gasteiger partial charge in [-0.15, -0.1) is 0 Å². The first kappa shape index (κ1) is 14.8. The van der Waals surface area contributed by atoms with Gasteiger partial charge in [0.25, 0.3) is 0 Å². The summed E-state index contributed by atoms with van der Waals surface area (Å²) in [5, 5.41) is 3.83. The molecular weight excluding hydrogens is 270 g/mol. The normalized spacial score (nSPS) is 10.9. The first-order chi connectivity index (χ1) is 9.49. The number of hydrogen-bond acceptors (Lipinski definition) is 3. The zero-order valence-electron chi connectivity index (χ0n) is 12.4. The minimum atomic E-state index is 0.559. The summed E-state index contributed by atoms with van der Waals surface area (Å²) in [5.41, 5.74) is 3.05. The standard InChI is InChI=1S/C16H20ClN3/c1-10(2)7-13-9-15(18-4)20-16(19-13)12-6-5-11(3)14(17)8-12/h5-6,8-10H,7H2,1-4H3,(H,18,19,20). The van der Waals surface area contributed by atoms with Crippen molar-refractivity contribution in [3.05, 3.63) is 40.5 Å². The summed E-state index contributed by atoms with van der Waals surface area (Å²) >= 11 is 6.19. The Balaban J connectivity index is 2.46. The molecule has 0 aliphatic carbocycles. The number of nitrogens with zero attached hydrogens (tertiary/aromatic N) is 2. The maximum absolute atomic E-state index is 6.19. The van der Waals surface area contributed by atoms with Crippen LogP contribution in [0.25, 0.3) is 11.4 Å². The summed E-state index contributed by atoms with van der Waals surface area (Å²) in [6.07, 6.45) is 0.934. The quantitative estimate of drug-likeness (QED) is 0.909. The van der Waals surface area contributed by atoms with Gasteiger partial charge in [-0.1, -0.05) is 37.6 Å². The number of nitrogens with one attached hydrogen (secondary N) is 1. The largest absolute Gasteiger partial charge is 0.373 e. The van der Waals surface area contributed by atoms with Crippen molar-refractivity contribution in [1.29, 1.82) is 0 Å². The van der Waals surface area contributed by atoms with Gasteiger partial charge >= 0.3 is 0 Å². The summed E-state index contributed by atoms with van der Waals surface area (Å²) in [6, 6.07) is 7.93. The van der Waals surface area contributed by atoms with Crippen LogP contribution in [0.2, 0.25) is 5.02 Å². The van der Waals surface area contributed by atoms with Crippen molar-refractivity contribution in [2.45, 2.75) is 27.2 Å². The molecule has 0 unspecified atom stereocenters. The lowest BCUT2D eigenvalue weighted by atomic mass is 10.1. The number of aromatic nitrogens is 2. The Morgan fingerprint density at radius 2 is 1.95 bits per heavy atom. The lowest BCUT2D eigenvalue weighted by Crippen LogP contribution is -2.03. The Morgan fingerprint density at radius 1 is 1.20 bits per heavy atom. The van der Waals surface area contributed by atoms with Crippen molar-refractivity contribution in [1.82, 2.24) is 9.97 Å². The van der Waals surface area contributed by atoms with E-state index >= 15 is 0 Å². The van der Waals surface area contributed by atoms with Gasteiger partial charge in [-0.2, -0.15) is 0 Å². The first-order valence-electron chi connectivity index (χ1n) is 6.82. The van der Waals surface area contributed by atoms with E-state index in [9.17, 15) is 0 Å². The minimum absolute atomic E-state index is 0.559. The highest BCUT2D eigenvalue weighted by molar-refractivity contribution is 6.31. The number of rotatable bonds is 4. The average Bonchev–Trinajstić information content (AvgIpc) is 2.40. The van der Waals surface area contributed by atoms with E-state index in [1.54, 1.807) is 0 Å². The van der Waals surface area contributed by atoms with Crippen LogP contribution in [0.5, 0.6) is 0 Å². The zero-order chi connectivity index (χ0) is 14.7. The topological polar surface area (TPSA) is 37.8 Å². The van der Waals surface area contributed by atoms with Crippen LogP contribution in [0, 0.1) is 12.8 Å². The predicted molar refractivity (Wildman–Crippen MR) is 85.3 cm³/mol. The van der Waals surface area contributed by atoms with E-state index in [1.807, 2.05) is 38.2 Å². The molecular formula is C16H20ClN3. The van der Waals surface area contributed by atoms with E-state index in [-0.39, 0.29) is 0 Å². The molecule has 0 aliphatic heterocycles. The van der Waals surface area contributed by atoms with E-state index in [0.29, 0.717) is 5.92 Å². The maximum Gasteiger partial charge on any atom is 0.161 e. The molecule has 1 N–H and O–H groups in total. The third-order valence-corrected chi connectivity index (χ3v) is 3.49. The highest BCUT2D eigenvalue weighted by Crippen LogP contribution is 2.24. The van der Waals surface area contributed by atoms with Gasteiger partial charge < -0.3 is 5.32 Å². The maximum atomic E-state index is 6.19. The second-order valence-corrected chi connectivity index (χ2v) is 5.79. The Morgan fingerprint density at radius 3 is 2.55 bits per heavy atom. The molecule has 0 saturated carbocycles. The van der Waals surface area contributed by atoms with Crippen molar-refractivity contribution in [3.8, 4) is 11.4 Å². The molecule has 0 aliphatic rings. The Hall–Kier alpha value is -1.61. The highest BCUT2D eigenvalue weighted by atomic mass is 35.5. The fourth-order valence-corrected chi connectivity index (χ4v) is 2.19. The van der Waals surface area contributed by atoms with Crippen LogP contribution < -0.4 is 5.32 Å². The van der Waals surface area contributed by atoms with E-state index in [0.717, 1.165) is 39.9 Å². The first-order valence-corrected chi connectivity index (χ1v) is 7.19. The summed E-state index contributed by atoms with van der Waals surface area (Å²) in [4.78, 5) is 9.17. The van der Waals surface area contributed by atoms with Gasteiger partial charge in [-0.3, -0.25) is 0 Å². The highest BCUT2D eigenvalue weighted by Gasteiger charge is 2.09. The molecule has 3 nitrogen and oxygen atoms in total. The van der Waals surface area contributed by atoms with E-state index < -0.39 is 0 Å². The van der Waals surface area contributed by atoms with E-state index in [4.69, 9.17) is 11.6 Å². The molecule has 2 aromatic rings. The van der Waals surface area contributed by atoms with Gasteiger partial charge in [0.2, 0.25) is 0 Å². The van der Waals surface area contributed by atoms with Crippen LogP contribution in [0.3, 0.4) is 0 Å². The molecule has 0 radical (unpaired) electrons. The second kappa shape index (κ2) is 6.23. The predicted octanol–water partition coefficient (Wildman–Crippen LogP) is 4.35. The Labute approximate surface area is 125 Å². The average molecular weight is 290 g/mol. The molecule has 20 heavy (non-hydrogen) atoms. The third-order valence-electron chi connectivity index (χ3n) is 3.08. The fraction of sp³-hybridized carbons (Fsp3) is 0.375. The molecule has 0 saturated heterocycles. The van der Waals surface area contributed by atoms with Gasteiger partial charge in [0.1, 0.15) is 5.82 Å². The van der Waals surface area contributed by atoms with Crippen LogP contribution in [-0.4, -0.2) is 17.0 Å². The third kappa shape index (κ3) is 3.48. The second-order valence-electron chi connectivity index (χ2n) is 5.38. The van der Waals surface area contributed by atoms with Gasteiger partial charge in [-0.25, -0.2) is 9.97 Å². The molecule has 106 valence electrons. The van der Waals surface area contributed by atoms with Crippen LogP contribution in [0.4, 0.5) is 5.82 Å². The number of benzene rings is 1. The van der Waals surface area contributed by atoms with E-state index in [1.165, 1.54) is 0 Å². The molecule has 1 heterocycles. The fourth-order valence-electron chi connectivity index (χ4n) is 2.01. The molecule has 2 rings (SSSR count). The van der Waals surface area contributed by atoms with Crippen molar-refractivity contribution in [2.75, 3.05) is 12.4 Å². The molecule has 0 atom stereocenters. The SMILES string of the molecule is CNc1cc(CC(C)C)nc(-c2ccc(C)c(Cl)c2)n1. The Kier molecular flexibility index (Phi) is 4.61. The summed E-state index contributed by atoms with van der Waals surface area (Å²) < 4.78 is 0. The smallest absolute Gasteiger partial charge is 0.161 e. The molecule has 0 fully saturated rings. The monoisotopic (exact) mass is 289 g/mol. The van der Waals surface area contributed by atoms with Crippen molar-refractivity contribution in [2.24, 2.45) is 5.92 Å². The van der Waals surface area contributed by atoms with Crippen LogP contribution in [-0.2, 0) is 6.42 Å². The summed E-state index contributed by atoms with van der Waals surface area (Å²) in [5.74, 6) is 2.11. The van der Waals surface area contributed by atoms with Gasteiger partial charge in [0.15, 0.2) is 5.82 Å². The lowest BCUT2D eigenvalue weighted by molar-refractivity contribution is 0.635. The number of anilines is 1. The number of aryl methyl sites for hydroxylation is 1. The van der Waals surface area contributed by atoms with Crippen molar-refractivity contribution < 1.29 is 0 Å².